The van der Waals surface area contributed by atoms with Crippen LogP contribution in [0, 0.1) is 29.1 Å². The van der Waals surface area contributed by atoms with Gasteiger partial charge in [0.15, 0.2) is 0 Å². The van der Waals surface area contributed by atoms with Crippen LogP contribution in [0.25, 0.3) is 0 Å². The summed E-state index contributed by atoms with van der Waals surface area (Å²) in [5.74, 6) is 4.50. The van der Waals surface area contributed by atoms with Crippen LogP contribution in [0.1, 0.15) is 109 Å². The number of hydrogen-bond donors (Lipinski definition) is 0. The van der Waals surface area contributed by atoms with Crippen LogP contribution in [-0.4, -0.2) is 0 Å². The van der Waals surface area contributed by atoms with E-state index in [1.807, 2.05) is 0 Å². The van der Waals surface area contributed by atoms with Crippen LogP contribution >= 0.6 is 0 Å². The molecular weight excluding hydrogens is 264 g/mol. The first-order chi connectivity index (χ1) is 10.8. The second-order valence-corrected chi connectivity index (χ2v) is 9.70. The molecule has 0 heterocycles. The van der Waals surface area contributed by atoms with Gasteiger partial charge >= 0.3 is 0 Å². The molecule has 0 spiro atoms. The Labute approximate surface area is 138 Å². The van der Waals surface area contributed by atoms with Gasteiger partial charge in [-0.15, -0.1) is 0 Å². The molecule has 126 valence electrons. The summed E-state index contributed by atoms with van der Waals surface area (Å²) in [5.41, 5.74) is 0.808. The lowest BCUT2D eigenvalue weighted by atomic mass is 9.61. The van der Waals surface area contributed by atoms with Crippen LogP contribution in [-0.2, 0) is 0 Å². The topological polar surface area (TPSA) is 0 Å². The number of rotatable bonds is 7. The molecule has 0 heteroatoms. The summed E-state index contributed by atoms with van der Waals surface area (Å²) >= 11 is 0. The first-order valence-corrected chi connectivity index (χ1v) is 10.8. The van der Waals surface area contributed by atoms with Gasteiger partial charge in [-0.2, -0.15) is 0 Å². The summed E-state index contributed by atoms with van der Waals surface area (Å²) in [7, 11) is 0. The molecule has 22 heavy (non-hydrogen) atoms. The third-order valence-electron chi connectivity index (χ3n) is 7.95. The Bertz CT molecular complexity index is 339. The van der Waals surface area contributed by atoms with Gasteiger partial charge in [-0.25, -0.2) is 0 Å². The van der Waals surface area contributed by atoms with Crippen molar-refractivity contribution in [1.82, 2.24) is 0 Å². The van der Waals surface area contributed by atoms with E-state index in [1.54, 1.807) is 70.6 Å². The highest BCUT2D eigenvalue weighted by atomic mass is 14.5. The minimum absolute atomic E-state index is 0.808. The van der Waals surface area contributed by atoms with E-state index in [0.717, 1.165) is 29.1 Å². The molecule has 0 radical (unpaired) electrons. The molecule has 0 saturated heterocycles. The van der Waals surface area contributed by atoms with Crippen LogP contribution in [0.4, 0.5) is 0 Å². The summed E-state index contributed by atoms with van der Waals surface area (Å²) in [6.45, 7) is 0. The molecule has 4 aliphatic rings. The molecule has 1 unspecified atom stereocenters. The third-order valence-corrected chi connectivity index (χ3v) is 7.95. The molecule has 4 aliphatic carbocycles. The van der Waals surface area contributed by atoms with Crippen molar-refractivity contribution in [3.05, 3.63) is 0 Å². The lowest BCUT2D eigenvalue weighted by Gasteiger charge is -2.44. The predicted octanol–water partition coefficient (Wildman–Crippen LogP) is 7.12. The fourth-order valence-corrected chi connectivity index (χ4v) is 6.47. The molecule has 0 N–H and O–H groups in total. The van der Waals surface area contributed by atoms with Crippen molar-refractivity contribution in [2.45, 2.75) is 109 Å². The van der Waals surface area contributed by atoms with Gasteiger partial charge in [0, 0.05) is 0 Å². The Hall–Kier alpha value is 0. The van der Waals surface area contributed by atoms with E-state index >= 15 is 0 Å². The Balaban J connectivity index is 1.47. The van der Waals surface area contributed by atoms with Crippen LogP contribution < -0.4 is 0 Å². The zero-order chi connectivity index (χ0) is 14.8. The van der Waals surface area contributed by atoms with Crippen molar-refractivity contribution >= 4 is 0 Å². The molecule has 0 aromatic carbocycles. The van der Waals surface area contributed by atoms with Gasteiger partial charge < -0.3 is 0 Å². The second-order valence-electron chi connectivity index (χ2n) is 9.70. The fourth-order valence-electron chi connectivity index (χ4n) is 6.47. The summed E-state index contributed by atoms with van der Waals surface area (Å²) in [6, 6.07) is 0. The van der Waals surface area contributed by atoms with Gasteiger partial charge in [-0.05, 0) is 61.2 Å². The normalized spacial score (nSPS) is 31.1. The molecule has 4 fully saturated rings. The zero-order valence-corrected chi connectivity index (χ0v) is 14.8. The maximum atomic E-state index is 1.64. The monoisotopic (exact) mass is 302 g/mol. The minimum Gasteiger partial charge on any atom is -0.0533 e. The van der Waals surface area contributed by atoms with Crippen LogP contribution in [0.15, 0.2) is 0 Å². The average molecular weight is 303 g/mol. The Morgan fingerprint density at radius 2 is 0.864 bits per heavy atom. The van der Waals surface area contributed by atoms with Crippen molar-refractivity contribution in [3.63, 3.8) is 0 Å². The summed E-state index contributed by atoms with van der Waals surface area (Å²) in [4.78, 5) is 0. The fraction of sp³-hybridized carbons (Fsp3) is 1.00. The highest BCUT2D eigenvalue weighted by Gasteiger charge is 2.48. The second kappa shape index (κ2) is 6.86. The van der Waals surface area contributed by atoms with Crippen molar-refractivity contribution < 1.29 is 0 Å². The molecule has 0 aromatic heterocycles. The Morgan fingerprint density at radius 3 is 1.23 bits per heavy atom. The third kappa shape index (κ3) is 3.57. The van der Waals surface area contributed by atoms with Gasteiger partial charge in [0.2, 0.25) is 0 Å². The van der Waals surface area contributed by atoms with Gasteiger partial charge in [0.25, 0.3) is 0 Å². The molecule has 0 bridgehead atoms. The van der Waals surface area contributed by atoms with E-state index in [1.165, 1.54) is 38.5 Å². The standard InChI is InChI=1S/C22H38/c1-2-7-18(8-3-1)15-22(21-13-14-21,17-20-11-6-12-20)16-19-9-4-5-10-19/h18-21H,1-17H2. The van der Waals surface area contributed by atoms with Crippen LogP contribution in [0.3, 0.4) is 0 Å². The average Bonchev–Trinajstić information content (AvgIpc) is 3.24. The SMILES string of the molecule is C1CCC(CC(CC2CCCC2)(CC2CCC2)C2CC2)CC1. The minimum atomic E-state index is 0.808. The van der Waals surface area contributed by atoms with Crippen molar-refractivity contribution in [1.29, 1.82) is 0 Å². The van der Waals surface area contributed by atoms with E-state index < -0.39 is 0 Å². The molecule has 0 amide bonds. The zero-order valence-electron chi connectivity index (χ0n) is 14.8. The molecule has 4 rings (SSSR count). The molecule has 1 atom stereocenters. The summed E-state index contributed by atoms with van der Waals surface area (Å²) < 4.78 is 0. The van der Waals surface area contributed by atoms with Gasteiger partial charge in [0.05, 0.1) is 0 Å². The molecule has 0 aromatic rings. The van der Waals surface area contributed by atoms with E-state index in [2.05, 4.69) is 0 Å². The highest BCUT2D eigenvalue weighted by Crippen LogP contribution is 2.59. The Kier molecular flexibility index (Phi) is 4.84. The van der Waals surface area contributed by atoms with Crippen molar-refractivity contribution in [2.24, 2.45) is 29.1 Å². The largest absolute Gasteiger partial charge is 0.0533 e. The first-order valence-electron chi connectivity index (χ1n) is 10.8. The van der Waals surface area contributed by atoms with Gasteiger partial charge in [0.1, 0.15) is 0 Å². The summed E-state index contributed by atoms with van der Waals surface area (Å²) in [6.07, 6.45) is 26.8. The van der Waals surface area contributed by atoms with Crippen molar-refractivity contribution in [3.8, 4) is 0 Å². The van der Waals surface area contributed by atoms with Gasteiger partial charge in [-0.1, -0.05) is 77.0 Å². The molecule has 0 aliphatic heterocycles. The molecule has 0 nitrogen and oxygen atoms in total. The van der Waals surface area contributed by atoms with E-state index in [0.29, 0.717) is 0 Å². The van der Waals surface area contributed by atoms with Crippen LogP contribution in [0.5, 0.6) is 0 Å². The first kappa shape index (κ1) is 15.5. The van der Waals surface area contributed by atoms with Crippen LogP contribution in [0.2, 0.25) is 0 Å². The lowest BCUT2D eigenvalue weighted by Crippen LogP contribution is -2.34. The quantitative estimate of drug-likeness (QED) is 0.469. The van der Waals surface area contributed by atoms with E-state index in [9.17, 15) is 0 Å². The predicted molar refractivity (Wildman–Crippen MR) is 94.9 cm³/mol. The highest BCUT2D eigenvalue weighted by molar-refractivity contribution is 4.99. The van der Waals surface area contributed by atoms with E-state index in [-0.39, 0.29) is 0 Å². The Morgan fingerprint density at radius 1 is 0.455 bits per heavy atom. The van der Waals surface area contributed by atoms with Gasteiger partial charge in [-0.3, -0.25) is 0 Å². The van der Waals surface area contributed by atoms with Crippen molar-refractivity contribution in [2.75, 3.05) is 0 Å². The lowest BCUT2D eigenvalue weighted by molar-refractivity contribution is 0.0624. The van der Waals surface area contributed by atoms with E-state index in [4.69, 9.17) is 0 Å². The molecular formula is C22H38. The smallest absolute Gasteiger partial charge is 0.0261 e. The number of hydrogen-bond acceptors (Lipinski definition) is 0. The summed E-state index contributed by atoms with van der Waals surface area (Å²) in [5, 5.41) is 0. The maximum Gasteiger partial charge on any atom is -0.0261 e. The molecule has 4 saturated carbocycles. The maximum absolute atomic E-state index is 1.64.